The second-order valence-electron chi connectivity index (χ2n) is 3.15. The molecule has 1 heterocycles. The highest BCUT2D eigenvalue weighted by Gasteiger charge is 2.09. The fraction of sp³-hybridized carbons (Fsp3) is 0. The van der Waals surface area contributed by atoms with Crippen LogP contribution in [0.5, 0.6) is 11.6 Å². The van der Waals surface area contributed by atoms with Gasteiger partial charge in [0.2, 0.25) is 0 Å². The summed E-state index contributed by atoms with van der Waals surface area (Å²) >= 11 is 5.82. The molecule has 0 saturated carbocycles. The van der Waals surface area contributed by atoms with Gasteiger partial charge in [0.05, 0.1) is 11.9 Å². The summed E-state index contributed by atoms with van der Waals surface area (Å²) in [5.41, 5.74) is 6.40. The summed E-state index contributed by atoms with van der Waals surface area (Å²) in [4.78, 5) is 0. The first-order valence-electron chi connectivity index (χ1n) is 4.65. The van der Waals surface area contributed by atoms with Gasteiger partial charge in [-0.15, -0.1) is 5.10 Å². The van der Waals surface area contributed by atoms with E-state index in [0.29, 0.717) is 16.5 Å². The highest BCUT2D eigenvalue weighted by molar-refractivity contribution is 6.30. The van der Waals surface area contributed by atoms with E-state index in [1.807, 2.05) is 6.07 Å². The molecule has 0 bridgehead atoms. The summed E-state index contributed by atoms with van der Waals surface area (Å²) in [6.07, 6.45) is 1.41. The van der Waals surface area contributed by atoms with E-state index >= 15 is 0 Å². The Morgan fingerprint density at radius 2 is 2.18 bits per heavy atom. The molecule has 0 aliphatic carbocycles. The Kier molecular flexibility index (Phi) is 3.08. The van der Waals surface area contributed by atoms with Crippen molar-refractivity contribution < 1.29 is 4.74 Å². The smallest absolute Gasteiger partial charge is 0.257 e. The minimum Gasteiger partial charge on any atom is -0.434 e. The van der Waals surface area contributed by atoms with Gasteiger partial charge in [-0.3, -0.25) is 0 Å². The highest BCUT2D eigenvalue weighted by Crippen LogP contribution is 2.30. The molecule has 2 N–H and O–H groups in total. The van der Waals surface area contributed by atoms with Crippen LogP contribution in [0.1, 0.15) is 5.56 Å². The van der Waals surface area contributed by atoms with Gasteiger partial charge < -0.3 is 10.5 Å². The molecule has 5 nitrogen and oxygen atoms in total. The lowest BCUT2D eigenvalue weighted by Crippen LogP contribution is -1.96. The largest absolute Gasteiger partial charge is 0.434 e. The normalized spacial score (nSPS) is 9.65. The Balaban J connectivity index is 2.38. The van der Waals surface area contributed by atoms with Gasteiger partial charge in [-0.1, -0.05) is 11.6 Å². The molecule has 1 aromatic carbocycles. The Labute approximate surface area is 102 Å². The zero-order valence-electron chi connectivity index (χ0n) is 8.59. The third-order valence-corrected chi connectivity index (χ3v) is 2.22. The predicted molar refractivity (Wildman–Crippen MR) is 62.7 cm³/mol. The van der Waals surface area contributed by atoms with Crippen molar-refractivity contribution in [1.29, 1.82) is 5.26 Å². The van der Waals surface area contributed by atoms with Crippen LogP contribution >= 0.6 is 11.6 Å². The van der Waals surface area contributed by atoms with Crippen LogP contribution in [0.25, 0.3) is 0 Å². The van der Waals surface area contributed by atoms with Crippen LogP contribution in [0.2, 0.25) is 5.02 Å². The van der Waals surface area contributed by atoms with Crippen molar-refractivity contribution in [3.63, 3.8) is 0 Å². The van der Waals surface area contributed by atoms with E-state index in [9.17, 15) is 0 Å². The molecule has 0 unspecified atom stereocenters. The summed E-state index contributed by atoms with van der Waals surface area (Å²) in [5, 5.41) is 16.7. The molecule has 0 fully saturated rings. The van der Waals surface area contributed by atoms with Gasteiger partial charge in [0.15, 0.2) is 5.75 Å². The van der Waals surface area contributed by atoms with Crippen molar-refractivity contribution >= 4 is 17.3 Å². The first-order chi connectivity index (χ1) is 8.20. The van der Waals surface area contributed by atoms with Crippen LogP contribution in [0.3, 0.4) is 0 Å². The number of rotatable bonds is 2. The number of nitrogen functional groups attached to an aromatic ring is 1. The Bertz CT molecular complexity index is 594. The van der Waals surface area contributed by atoms with E-state index in [0.717, 1.165) is 0 Å². The first-order valence-corrected chi connectivity index (χ1v) is 5.03. The zero-order valence-corrected chi connectivity index (χ0v) is 9.35. The van der Waals surface area contributed by atoms with Gasteiger partial charge in [0.25, 0.3) is 5.88 Å². The second-order valence-corrected chi connectivity index (χ2v) is 3.58. The number of nitrogens with two attached hydrogens (primary N) is 1. The van der Waals surface area contributed by atoms with Gasteiger partial charge in [-0.2, -0.15) is 10.4 Å². The average Bonchev–Trinajstić information content (AvgIpc) is 2.34. The van der Waals surface area contributed by atoms with Crippen LogP contribution in [0.4, 0.5) is 5.69 Å². The molecule has 84 valence electrons. The molecule has 0 atom stereocenters. The number of hydrogen-bond acceptors (Lipinski definition) is 5. The molecule has 2 rings (SSSR count). The van der Waals surface area contributed by atoms with E-state index in [1.54, 1.807) is 18.2 Å². The second kappa shape index (κ2) is 4.68. The van der Waals surface area contributed by atoms with Crippen LogP contribution in [0, 0.1) is 11.3 Å². The molecular weight excluding hydrogens is 240 g/mol. The van der Waals surface area contributed by atoms with Gasteiger partial charge in [0.1, 0.15) is 11.6 Å². The predicted octanol–water partition coefficient (Wildman–Crippen LogP) is 2.38. The van der Waals surface area contributed by atoms with Crippen molar-refractivity contribution in [2.45, 2.75) is 0 Å². The summed E-state index contributed by atoms with van der Waals surface area (Å²) in [5.74, 6) is 0.443. The van der Waals surface area contributed by atoms with Crippen LogP contribution in [-0.4, -0.2) is 10.2 Å². The van der Waals surface area contributed by atoms with E-state index in [-0.39, 0.29) is 11.4 Å². The maximum absolute atomic E-state index is 8.87. The minimum absolute atomic E-state index is 0.101. The maximum atomic E-state index is 8.87. The number of halogens is 1. The van der Waals surface area contributed by atoms with Crippen molar-refractivity contribution in [2.24, 2.45) is 0 Å². The maximum Gasteiger partial charge on any atom is 0.257 e. The molecule has 1 aromatic heterocycles. The van der Waals surface area contributed by atoms with Crippen LogP contribution < -0.4 is 10.5 Å². The van der Waals surface area contributed by atoms with Gasteiger partial charge >= 0.3 is 0 Å². The van der Waals surface area contributed by atoms with Crippen molar-refractivity contribution in [1.82, 2.24) is 10.2 Å². The fourth-order valence-corrected chi connectivity index (χ4v) is 1.34. The number of nitriles is 1. The molecule has 2 aromatic rings. The highest BCUT2D eigenvalue weighted by atomic mass is 35.5. The van der Waals surface area contributed by atoms with Gasteiger partial charge in [0, 0.05) is 11.1 Å². The molecule has 0 spiro atoms. The molecule has 17 heavy (non-hydrogen) atoms. The standard InChI is InChI=1S/C11H7ClN4O/c12-8-1-2-9(14)10(5-8)17-11-7(6-13)3-4-15-16-11/h1-5H,14H2. The summed E-state index contributed by atoms with van der Waals surface area (Å²) in [6.45, 7) is 0. The monoisotopic (exact) mass is 246 g/mol. The average molecular weight is 247 g/mol. The number of nitrogens with zero attached hydrogens (tertiary/aromatic N) is 3. The molecule has 0 radical (unpaired) electrons. The van der Waals surface area contributed by atoms with E-state index in [2.05, 4.69) is 10.2 Å². The SMILES string of the molecule is N#Cc1ccnnc1Oc1cc(Cl)ccc1N. The number of hydrogen-bond donors (Lipinski definition) is 1. The lowest BCUT2D eigenvalue weighted by atomic mass is 10.3. The van der Waals surface area contributed by atoms with Crippen LogP contribution in [0.15, 0.2) is 30.5 Å². The van der Waals surface area contributed by atoms with Gasteiger partial charge in [-0.25, -0.2) is 0 Å². The van der Waals surface area contributed by atoms with E-state index in [1.165, 1.54) is 12.3 Å². The molecular formula is C11H7ClN4O. The minimum atomic E-state index is 0.101. The first kappa shape index (κ1) is 11.2. The third kappa shape index (κ3) is 2.44. The summed E-state index contributed by atoms with van der Waals surface area (Å²) < 4.78 is 5.41. The molecule has 0 saturated heterocycles. The zero-order chi connectivity index (χ0) is 12.3. The van der Waals surface area contributed by atoms with Crippen LogP contribution in [-0.2, 0) is 0 Å². The molecule has 6 heteroatoms. The lowest BCUT2D eigenvalue weighted by molar-refractivity contribution is 0.455. The summed E-state index contributed by atoms with van der Waals surface area (Å²) in [6, 6.07) is 8.26. The third-order valence-electron chi connectivity index (χ3n) is 1.99. The molecule has 0 aliphatic rings. The quantitative estimate of drug-likeness (QED) is 0.823. The molecule has 0 aliphatic heterocycles. The van der Waals surface area contributed by atoms with Gasteiger partial charge in [-0.05, 0) is 18.2 Å². The van der Waals surface area contributed by atoms with E-state index in [4.69, 9.17) is 27.3 Å². The fourth-order valence-electron chi connectivity index (χ4n) is 1.18. The number of aromatic nitrogens is 2. The lowest BCUT2D eigenvalue weighted by Gasteiger charge is -2.07. The number of benzene rings is 1. The Morgan fingerprint density at radius 1 is 1.35 bits per heavy atom. The summed E-state index contributed by atoms with van der Waals surface area (Å²) in [7, 11) is 0. The number of anilines is 1. The van der Waals surface area contributed by atoms with Crippen molar-refractivity contribution in [2.75, 3.05) is 5.73 Å². The van der Waals surface area contributed by atoms with Crippen molar-refractivity contribution in [3.8, 4) is 17.7 Å². The Morgan fingerprint density at radius 3 is 2.94 bits per heavy atom. The topological polar surface area (TPSA) is 84.8 Å². The number of ether oxygens (including phenoxy) is 1. The van der Waals surface area contributed by atoms with E-state index < -0.39 is 0 Å². The molecule has 0 amide bonds. The Hall–Kier alpha value is -2.32. The van der Waals surface area contributed by atoms with Crippen molar-refractivity contribution in [3.05, 3.63) is 41.0 Å².